The van der Waals surface area contributed by atoms with Gasteiger partial charge in [-0.1, -0.05) is 0 Å². The summed E-state index contributed by atoms with van der Waals surface area (Å²) < 4.78 is 36.9. The molecule has 0 amide bonds. The number of alkyl halides is 3. The Labute approximate surface area is 89.2 Å². The average molecular weight is 234 g/mol. The maximum absolute atomic E-state index is 12.3. The van der Waals surface area contributed by atoms with Crippen LogP contribution in [0.3, 0.4) is 0 Å². The molecular weight excluding hydrogens is 225 g/mol. The first-order valence-electron chi connectivity index (χ1n) is 4.45. The van der Waals surface area contributed by atoms with Crippen molar-refractivity contribution in [2.24, 2.45) is 0 Å². The Balaban J connectivity index is 3.23. The first kappa shape index (κ1) is 12.3. The quantitative estimate of drug-likeness (QED) is 0.646. The fourth-order valence-electron chi connectivity index (χ4n) is 1.20. The SMILES string of the molecule is CCNc1ccc(C(F)(F)F)cc1[N+](=O)[O-]. The van der Waals surface area contributed by atoms with Crippen molar-refractivity contribution in [2.45, 2.75) is 13.1 Å². The number of anilines is 1. The van der Waals surface area contributed by atoms with Gasteiger partial charge in [-0.25, -0.2) is 0 Å². The van der Waals surface area contributed by atoms with Crippen LogP contribution in [0, 0.1) is 10.1 Å². The standard InChI is InChI=1S/C9H9F3N2O2/c1-2-13-7-4-3-6(9(10,11)12)5-8(7)14(15)16/h3-5,13H,2H2,1H3. The third kappa shape index (κ3) is 2.62. The highest BCUT2D eigenvalue weighted by Crippen LogP contribution is 2.34. The van der Waals surface area contributed by atoms with Crippen molar-refractivity contribution < 1.29 is 18.1 Å². The summed E-state index contributed by atoms with van der Waals surface area (Å²) in [5.74, 6) is 0. The minimum Gasteiger partial charge on any atom is -0.380 e. The molecule has 0 radical (unpaired) electrons. The fraction of sp³-hybridized carbons (Fsp3) is 0.333. The van der Waals surface area contributed by atoms with E-state index in [1.807, 2.05) is 0 Å². The van der Waals surface area contributed by atoms with Crippen LogP contribution >= 0.6 is 0 Å². The third-order valence-corrected chi connectivity index (χ3v) is 1.89. The third-order valence-electron chi connectivity index (χ3n) is 1.89. The van der Waals surface area contributed by atoms with E-state index >= 15 is 0 Å². The minimum atomic E-state index is -4.57. The molecule has 0 aromatic heterocycles. The zero-order valence-corrected chi connectivity index (χ0v) is 8.34. The molecule has 88 valence electrons. The Morgan fingerprint density at radius 1 is 1.44 bits per heavy atom. The molecule has 0 spiro atoms. The molecule has 4 nitrogen and oxygen atoms in total. The molecule has 1 aromatic rings. The van der Waals surface area contributed by atoms with Crippen LogP contribution in [-0.2, 0) is 6.18 Å². The van der Waals surface area contributed by atoms with Crippen molar-refractivity contribution in [3.05, 3.63) is 33.9 Å². The zero-order chi connectivity index (χ0) is 12.3. The van der Waals surface area contributed by atoms with Crippen molar-refractivity contribution in [2.75, 3.05) is 11.9 Å². The van der Waals surface area contributed by atoms with Gasteiger partial charge in [0.2, 0.25) is 0 Å². The highest BCUT2D eigenvalue weighted by atomic mass is 19.4. The van der Waals surface area contributed by atoms with Crippen molar-refractivity contribution in [1.29, 1.82) is 0 Å². The van der Waals surface area contributed by atoms with Gasteiger partial charge in [-0.2, -0.15) is 13.2 Å². The lowest BCUT2D eigenvalue weighted by Gasteiger charge is -2.09. The Hall–Kier alpha value is -1.79. The summed E-state index contributed by atoms with van der Waals surface area (Å²) in [6.45, 7) is 2.09. The lowest BCUT2D eigenvalue weighted by atomic mass is 10.1. The second-order valence-electron chi connectivity index (χ2n) is 3.02. The number of hydrogen-bond donors (Lipinski definition) is 1. The second-order valence-corrected chi connectivity index (χ2v) is 3.02. The smallest absolute Gasteiger partial charge is 0.380 e. The second kappa shape index (κ2) is 4.38. The molecule has 0 heterocycles. The van der Waals surface area contributed by atoms with Gasteiger partial charge in [0.1, 0.15) is 5.69 Å². The molecule has 0 fully saturated rings. The molecule has 1 aromatic carbocycles. The maximum Gasteiger partial charge on any atom is 0.416 e. The summed E-state index contributed by atoms with van der Waals surface area (Å²) in [4.78, 5) is 9.73. The largest absolute Gasteiger partial charge is 0.416 e. The summed E-state index contributed by atoms with van der Waals surface area (Å²) in [6.07, 6.45) is -4.57. The highest BCUT2D eigenvalue weighted by Gasteiger charge is 2.32. The van der Waals surface area contributed by atoms with Crippen molar-refractivity contribution >= 4 is 11.4 Å². The molecule has 0 saturated carbocycles. The van der Waals surface area contributed by atoms with E-state index in [1.54, 1.807) is 6.92 Å². The molecule has 0 atom stereocenters. The predicted octanol–water partition coefficient (Wildman–Crippen LogP) is 3.05. The molecule has 0 bridgehead atoms. The summed E-state index contributed by atoms with van der Waals surface area (Å²) >= 11 is 0. The van der Waals surface area contributed by atoms with Crippen LogP contribution in [0.2, 0.25) is 0 Å². The van der Waals surface area contributed by atoms with E-state index in [4.69, 9.17) is 0 Å². The van der Waals surface area contributed by atoms with Gasteiger partial charge in [0.15, 0.2) is 0 Å². The van der Waals surface area contributed by atoms with Gasteiger partial charge in [0.25, 0.3) is 5.69 Å². The van der Waals surface area contributed by atoms with Crippen molar-refractivity contribution in [1.82, 2.24) is 0 Å². The summed E-state index contributed by atoms with van der Waals surface area (Å²) in [6, 6.07) is 2.40. The van der Waals surface area contributed by atoms with Gasteiger partial charge in [0, 0.05) is 12.6 Å². The molecule has 0 unspecified atom stereocenters. The number of nitrogens with zero attached hydrogens (tertiary/aromatic N) is 1. The van der Waals surface area contributed by atoms with Crippen LogP contribution in [0.4, 0.5) is 24.5 Å². The lowest BCUT2D eigenvalue weighted by Crippen LogP contribution is -2.07. The number of nitro benzene ring substituents is 1. The number of halogens is 3. The predicted molar refractivity (Wildman–Crippen MR) is 52.3 cm³/mol. The molecule has 1 N–H and O–H groups in total. The van der Waals surface area contributed by atoms with Crippen LogP contribution in [0.25, 0.3) is 0 Å². The molecule has 16 heavy (non-hydrogen) atoms. The summed E-state index contributed by atoms with van der Waals surface area (Å²) in [7, 11) is 0. The first-order chi connectivity index (χ1) is 7.36. The van der Waals surface area contributed by atoms with Crippen LogP contribution in [0.5, 0.6) is 0 Å². The molecule has 1 rings (SSSR count). The van der Waals surface area contributed by atoms with Crippen LogP contribution in [0.1, 0.15) is 12.5 Å². The fourth-order valence-corrected chi connectivity index (χ4v) is 1.20. The Morgan fingerprint density at radius 2 is 2.06 bits per heavy atom. The van der Waals surface area contributed by atoms with E-state index in [9.17, 15) is 23.3 Å². The van der Waals surface area contributed by atoms with E-state index in [1.165, 1.54) is 0 Å². The lowest BCUT2D eigenvalue weighted by molar-refractivity contribution is -0.384. The first-order valence-corrected chi connectivity index (χ1v) is 4.45. The van der Waals surface area contributed by atoms with Gasteiger partial charge in [-0.05, 0) is 19.1 Å². The van der Waals surface area contributed by atoms with Gasteiger partial charge < -0.3 is 5.32 Å². The number of benzene rings is 1. The molecular formula is C9H9F3N2O2. The summed E-state index contributed by atoms with van der Waals surface area (Å²) in [5.41, 5.74) is -1.52. The van der Waals surface area contributed by atoms with Gasteiger partial charge in [0.05, 0.1) is 10.5 Å². The van der Waals surface area contributed by atoms with E-state index in [2.05, 4.69) is 5.32 Å². The Kier molecular flexibility index (Phi) is 3.36. The summed E-state index contributed by atoms with van der Waals surface area (Å²) in [5, 5.41) is 13.2. The number of nitro groups is 1. The van der Waals surface area contributed by atoms with Crippen LogP contribution in [0.15, 0.2) is 18.2 Å². The van der Waals surface area contributed by atoms with E-state index in [0.29, 0.717) is 12.6 Å². The molecule has 0 aliphatic carbocycles. The minimum absolute atomic E-state index is 0.0838. The van der Waals surface area contributed by atoms with E-state index in [0.717, 1.165) is 12.1 Å². The van der Waals surface area contributed by atoms with Crippen LogP contribution < -0.4 is 5.32 Å². The maximum atomic E-state index is 12.3. The van der Waals surface area contributed by atoms with Gasteiger partial charge in [-0.3, -0.25) is 10.1 Å². The Morgan fingerprint density at radius 3 is 2.50 bits per heavy atom. The number of nitrogens with one attached hydrogen (secondary N) is 1. The van der Waals surface area contributed by atoms with Gasteiger partial charge >= 0.3 is 6.18 Å². The van der Waals surface area contributed by atoms with E-state index in [-0.39, 0.29) is 5.69 Å². The van der Waals surface area contributed by atoms with Gasteiger partial charge in [-0.15, -0.1) is 0 Å². The average Bonchev–Trinajstić information content (AvgIpc) is 2.16. The number of hydrogen-bond acceptors (Lipinski definition) is 3. The van der Waals surface area contributed by atoms with E-state index < -0.39 is 22.4 Å². The zero-order valence-electron chi connectivity index (χ0n) is 8.34. The monoisotopic (exact) mass is 234 g/mol. The molecule has 0 aliphatic rings. The molecule has 0 aliphatic heterocycles. The topological polar surface area (TPSA) is 55.2 Å². The van der Waals surface area contributed by atoms with Crippen LogP contribution in [-0.4, -0.2) is 11.5 Å². The normalized spacial score (nSPS) is 11.2. The van der Waals surface area contributed by atoms with Crippen molar-refractivity contribution in [3.63, 3.8) is 0 Å². The van der Waals surface area contributed by atoms with Crippen molar-refractivity contribution in [3.8, 4) is 0 Å². The number of rotatable bonds is 3. The molecule has 7 heteroatoms. The Bertz CT molecular complexity index is 404. The highest BCUT2D eigenvalue weighted by molar-refractivity contribution is 5.62. The molecule has 0 saturated heterocycles.